The molecule has 2 rings (SSSR count). The van der Waals surface area contributed by atoms with Crippen molar-refractivity contribution in [2.75, 3.05) is 26.7 Å². The van der Waals surface area contributed by atoms with Crippen molar-refractivity contribution in [1.82, 2.24) is 10.2 Å². The van der Waals surface area contributed by atoms with E-state index in [9.17, 15) is 0 Å². The van der Waals surface area contributed by atoms with Crippen molar-refractivity contribution >= 4 is 0 Å². The second kappa shape index (κ2) is 7.42. The van der Waals surface area contributed by atoms with Gasteiger partial charge in [0.2, 0.25) is 0 Å². The Balaban J connectivity index is 2.13. The number of piperidine rings is 1. The zero-order valence-electron chi connectivity index (χ0n) is 14.5. The molecule has 1 N–H and O–H groups in total. The van der Waals surface area contributed by atoms with Gasteiger partial charge in [0.05, 0.1) is 0 Å². The first-order chi connectivity index (χ1) is 10.0. The van der Waals surface area contributed by atoms with E-state index in [1.165, 1.54) is 54.6 Å². The largest absolute Gasteiger partial charge is 0.312 e. The van der Waals surface area contributed by atoms with Gasteiger partial charge in [0, 0.05) is 19.1 Å². The molecule has 1 aliphatic rings. The highest BCUT2D eigenvalue weighted by molar-refractivity contribution is 5.39. The minimum Gasteiger partial charge on any atom is -0.312 e. The van der Waals surface area contributed by atoms with Gasteiger partial charge in [-0.15, -0.1) is 0 Å². The number of likely N-dealkylation sites (N-methyl/N-ethyl adjacent to an activating group) is 1. The molecule has 1 aliphatic heterocycles. The number of benzene rings is 1. The maximum absolute atomic E-state index is 3.56. The van der Waals surface area contributed by atoms with Crippen LogP contribution in [-0.4, -0.2) is 31.6 Å². The van der Waals surface area contributed by atoms with Gasteiger partial charge in [-0.2, -0.15) is 0 Å². The topological polar surface area (TPSA) is 15.3 Å². The van der Waals surface area contributed by atoms with Gasteiger partial charge in [-0.1, -0.05) is 31.0 Å². The molecule has 0 radical (unpaired) electrons. The monoisotopic (exact) mass is 288 g/mol. The maximum atomic E-state index is 3.56. The highest BCUT2D eigenvalue weighted by Crippen LogP contribution is 2.26. The van der Waals surface area contributed by atoms with Gasteiger partial charge < -0.3 is 10.2 Å². The van der Waals surface area contributed by atoms with Gasteiger partial charge in [-0.25, -0.2) is 0 Å². The fourth-order valence-electron chi connectivity index (χ4n) is 3.98. The van der Waals surface area contributed by atoms with Gasteiger partial charge in [-0.3, -0.25) is 0 Å². The van der Waals surface area contributed by atoms with Crippen LogP contribution in [0.25, 0.3) is 0 Å². The van der Waals surface area contributed by atoms with Gasteiger partial charge in [-0.05, 0) is 69.8 Å². The van der Waals surface area contributed by atoms with Crippen molar-refractivity contribution in [2.24, 2.45) is 5.92 Å². The third-order valence-corrected chi connectivity index (χ3v) is 5.06. The smallest absolute Gasteiger partial charge is 0.0452 e. The summed E-state index contributed by atoms with van der Waals surface area (Å²) < 4.78 is 0. The Bertz CT molecular complexity index is 444. The molecule has 1 aromatic rings. The summed E-state index contributed by atoms with van der Waals surface area (Å²) in [5.74, 6) is 0.900. The number of hydrogen-bond acceptors (Lipinski definition) is 2. The van der Waals surface area contributed by atoms with Crippen LogP contribution >= 0.6 is 0 Å². The second-order valence-corrected chi connectivity index (χ2v) is 6.83. The molecule has 2 atom stereocenters. The molecule has 0 amide bonds. The van der Waals surface area contributed by atoms with Gasteiger partial charge >= 0.3 is 0 Å². The molecule has 1 heterocycles. The van der Waals surface area contributed by atoms with Crippen LogP contribution in [0.5, 0.6) is 0 Å². The highest BCUT2D eigenvalue weighted by Gasteiger charge is 2.23. The average molecular weight is 288 g/mol. The summed E-state index contributed by atoms with van der Waals surface area (Å²) in [5.41, 5.74) is 5.72. The summed E-state index contributed by atoms with van der Waals surface area (Å²) in [5, 5.41) is 3.56. The SMILES string of the molecule is CCC1CCCN(CC(NC)c2c(C)cc(C)cc2C)C1. The molecule has 0 saturated carbocycles. The van der Waals surface area contributed by atoms with Crippen molar-refractivity contribution < 1.29 is 0 Å². The summed E-state index contributed by atoms with van der Waals surface area (Å²) in [6.45, 7) is 12.7. The first-order valence-corrected chi connectivity index (χ1v) is 8.52. The van der Waals surface area contributed by atoms with Crippen LogP contribution in [0.3, 0.4) is 0 Å². The molecule has 1 aromatic carbocycles. The molecule has 1 saturated heterocycles. The zero-order valence-corrected chi connectivity index (χ0v) is 14.5. The Morgan fingerprint density at radius 2 is 1.90 bits per heavy atom. The van der Waals surface area contributed by atoms with E-state index in [2.05, 4.69) is 57.1 Å². The van der Waals surface area contributed by atoms with E-state index in [1.54, 1.807) is 0 Å². The fourth-order valence-corrected chi connectivity index (χ4v) is 3.98. The van der Waals surface area contributed by atoms with Crippen molar-refractivity contribution in [1.29, 1.82) is 0 Å². The maximum Gasteiger partial charge on any atom is 0.0452 e. The third kappa shape index (κ3) is 4.08. The highest BCUT2D eigenvalue weighted by atomic mass is 15.2. The molecule has 118 valence electrons. The van der Waals surface area contributed by atoms with E-state index in [4.69, 9.17) is 0 Å². The number of aryl methyl sites for hydroxylation is 3. The summed E-state index contributed by atoms with van der Waals surface area (Å²) in [7, 11) is 2.10. The van der Waals surface area contributed by atoms with Gasteiger partial charge in [0.15, 0.2) is 0 Å². The van der Waals surface area contributed by atoms with E-state index in [0.717, 1.165) is 12.5 Å². The number of nitrogens with zero attached hydrogens (tertiary/aromatic N) is 1. The van der Waals surface area contributed by atoms with Crippen molar-refractivity contribution in [2.45, 2.75) is 53.0 Å². The minimum absolute atomic E-state index is 0.446. The summed E-state index contributed by atoms with van der Waals surface area (Å²) in [6.07, 6.45) is 4.10. The zero-order chi connectivity index (χ0) is 15.4. The molecule has 21 heavy (non-hydrogen) atoms. The lowest BCUT2D eigenvalue weighted by molar-refractivity contribution is 0.158. The van der Waals surface area contributed by atoms with Crippen molar-refractivity contribution in [3.8, 4) is 0 Å². The molecule has 0 spiro atoms. The summed E-state index contributed by atoms with van der Waals surface area (Å²) >= 11 is 0. The van der Waals surface area contributed by atoms with E-state index in [-0.39, 0.29) is 0 Å². The average Bonchev–Trinajstić information content (AvgIpc) is 2.45. The minimum atomic E-state index is 0.446. The lowest BCUT2D eigenvalue weighted by Crippen LogP contribution is -2.40. The first-order valence-electron chi connectivity index (χ1n) is 8.52. The van der Waals surface area contributed by atoms with Crippen LogP contribution in [0.4, 0.5) is 0 Å². The van der Waals surface area contributed by atoms with Gasteiger partial charge in [0.1, 0.15) is 0 Å². The molecular formula is C19H32N2. The molecule has 2 unspecified atom stereocenters. The Kier molecular flexibility index (Phi) is 5.83. The molecule has 0 aliphatic carbocycles. The Labute approximate surface area is 130 Å². The fraction of sp³-hybridized carbons (Fsp3) is 0.684. The van der Waals surface area contributed by atoms with Crippen LogP contribution in [-0.2, 0) is 0 Å². The Hall–Kier alpha value is -0.860. The van der Waals surface area contributed by atoms with E-state index < -0.39 is 0 Å². The Morgan fingerprint density at radius 1 is 1.24 bits per heavy atom. The van der Waals surface area contributed by atoms with Crippen molar-refractivity contribution in [3.63, 3.8) is 0 Å². The van der Waals surface area contributed by atoms with Gasteiger partial charge in [0.25, 0.3) is 0 Å². The number of nitrogens with one attached hydrogen (secondary N) is 1. The lowest BCUT2D eigenvalue weighted by atomic mass is 9.91. The molecule has 0 aromatic heterocycles. The summed E-state index contributed by atoms with van der Waals surface area (Å²) in [4.78, 5) is 2.66. The van der Waals surface area contributed by atoms with Crippen LogP contribution in [0.1, 0.15) is 54.5 Å². The predicted molar refractivity (Wildman–Crippen MR) is 91.9 cm³/mol. The summed E-state index contributed by atoms with van der Waals surface area (Å²) in [6, 6.07) is 5.08. The standard InChI is InChI=1S/C19H32N2/c1-6-17-8-7-9-21(12-17)13-18(20-5)19-15(3)10-14(2)11-16(19)4/h10-11,17-18,20H,6-9,12-13H2,1-5H3. The quantitative estimate of drug-likeness (QED) is 0.881. The lowest BCUT2D eigenvalue weighted by Gasteiger charge is -2.35. The van der Waals surface area contributed by atoms with Crippen LogP contribution in [0.2, 0.25) is 0 Å². The molecule has 2 heteroatoms. The number of hydrogen-bond donors (Lipinski definition) is 1. The molecule has 0 bridgehead atoms. The molecular weight excluding hydrogens is 256 g/mol. The van der Waals surface area contributed by atoms with E-state index >= 15 is 0 Å². The van der Waals surface area contributed by atoms with E-state index in [1.807, 2.05) is 0 Å². The third-order valence-electron chi connectivity index (χ3n) is 5.06. The second-order valence-electron chi connectivity index (χ2n) is 6.83. The predicted octanol–water partition coefficient (Wildman–Crippen LogP) is 3.99. The molecule has 2 nitrogen and oxygen atoms in total. The number of rotatable bonds is 5. The first kappa shape index (κ1) is 16.5. The Morgan fingerprint density at radius 3 is 2.48 bits per heavy atom. The normalized spacial score (nSPS) is 21.5. The van der Waals surface area contributed by atoms with Crippen LogP contribution in [0, 0.1) is 26.7 Å². The van der Waals surface area contributed by atoms with E-state index in [0.29, 0.717) is 6.04 Å². The number of likely N-dealkylation sites (tertiary alicyclic amines) is 1. The van der Waals surface area contributed by atoms with Crippen molar-refractivity contribution in [3.05, 3.63) is 34.4 Å². The van der Waals surface area contributed by atoms with Crippen LogP contribution in [0.15, 0.2) is 12.1 Å². The molecule has 1 fully saturated rings. The van der Waals surface area contributed by atoms with Crippen LogP contribution < -0.4 is 5.32 Å².